The van der Waals surface area contributed by atoms with E-state index in [1.165, 1.54) is 11.3 Å². The summed E-state index contributed by atoms with van der Waals surface area (Å²) in [6.45, 7) is 9.33. The third-order valence-corrected chi connectivity index (χ3v) is 5.74. The molecule has 3 aromatic rings. The Kier molecular flexibility index (Phi) is 4.78. The zero-order chi connectivity index (χ0) is 19.9. The molecular weight excluding hydrogens is 376 g/mol. The van der Waals surface area contributed by atoms with Gasteiger partial charge in [0.25, 0.3) is 0 Å². The predicted molar refractivity (Wildman–Crippen MR) is 108 cm³/mol. The van der Waals surface area contributed by atoms with E-state index in [4.69, 9.17) is 4.74 Å². The predicted octanol–water partition coefficient (Wildman–Crippen LogP) is 3.56. The molecule has 1 fully saturated rings. The van der Waals surface area contributed by atoms with Crippen LogP contribution in [0.3, 0.4) is 0 Å². The Balaban J connectivity index is 1.70. The molecule has 0 N–H and O–H groups in total. The van der Waals surface area contributed by atoms with Crippen LogP contribution >= 0.6 is 11.3 Å². The van der Waals surface area contributed by atoms with Crippen molar-refractivity contribution in [2.75, 3.05) is 18.1 Å². The zero-order valence-corrected chi connectivity index (χ0v) is 17.4. The fraction of sp³-hybridized carbons (Fsp3) is 0.526. The molecule has 1 unspecified atom stereocenters. The lowest BCUT2D eigenvalue weighted by Gasteiger charge is -2.25. The van der Waals surface area contributed by atoms with Crippen molar-refractivity contribution in [3.05, 3.63) is 28.6 Å². The average Bonchev–Trinajstić information content (AvgIpc) is 3.38. The van der Waals surface area contributed by atoms with Gasteiger partial charge in [-0.15, -0.1) is 11.3 Å². The van der Waals surface area contributed by atoms with Crippen LogP contribution in [0, 0.1) is 0 Å². The number of rotatable bonds is 4. The van der Waals surface area contributed by atoms with E-state index in [-0.39, 0.29) is 17.6 Å². The van der Waals surface area contributed by atoms with Gasteiger partial charge in [-0.05, 0) is 40.5 Å². The number of thiazole rings is 1. The van der Waals surface area contributed by atoms with Gasteiger partial charge in [0.05, 0.1) is 29.8 Å². The van der Waals surface area contributed by atoms with Crippen LogP contribution in [-0.4, -0.2) is 43.9 Å². The minimum absolute atomic E-state index is 0.0873. The molecule has 8 nitrogen and oxygen atoms in total. The second-order valence-corrected chi connectivity index (χ2v) is 8.69. The van der Waals surface area contributed by atoms with Crippen LogP contribution < -0.4 is 4.90 Å². The highest BCUT2D eigenvalue weighted by Gasteiger charge is 2.32. The summed E-state index contributed by atoms with van der Waals surface area (Å²) < 4.78 is 7.00. The molecule has 4 rings (SSSR count). The van der Waals surface area contributed by atoms with Crippen LogP contribution in [0.4, 0.5) is 5.82 Å². The third kappa shape index (κ3) is 3.23. The first-order valence-corrected chi connectivity index (χ1v) is 10.4. The van der Waals surface area contributed by atoms with E-state index in [1.54, 1.807) is 18.6 Å². The van der Waals surface area contributed by atoms with Gasteiger partial charge in [0.2, 0.25) is 0 Å². The number of anilines is 1. The topological polar surface area (TPSA) is 86.0 Å². The molecule has 0 aromatic carbocycles. The largest absolute Gasteiger partial charge is 0.461 e. The number of ether oxygens (including phenoxy) is 1. The van der Waals surface area contributed by atoms with E-state index >= 15 is 0 Å². The summed E-state index contributed by atoms with van der Waals surface area (Å²) in [5.74, 6) is 0.501. The van der Waals surface area contributed by atoms with E-state index in [0.717, 1.165) is 41.2 Å². The summed E-state index contributed by atoms with van der Waals surface area (Å²) in [4.78, 5) is 27.8. The van der Waals surface area contributed by atoms with E-state index < -0.39 is 0 Å². The summed E-state index contributed by atoms with van der Waals surface area (Å²) in [5, 5.41) is 8.18. The van der Waals surface area contributed by atoms with E-state index in [2.05, 4.69) is 45.7 Å². The van der Waals surface area contributed by atoms with Crippen molar-refractivity contribution in [1.82, 2.24) is 24.7 Å². The number of esters is 1. The number of carbonyl (C=O) groups is 1. The smallest absolute Gasteiger partial charge is 0.357 e. The minimum Gasteiger partial charge on any atom is -0.461 e. The van der Waals surface area contributed by atoms with Gasteiger partial charge >= 0.3 is 5.97 Å². The summed E-state index contributed by atoms with van der Waals surface area (Å²) in [6.07, 6.45) is 5.45. The van der Waals surface area contributed by atoms with Gasteiger partial charge in [0.1, 0.15) is 17.2 Å². The number of aromatic nitrogens is 5. The maximum Gasteiger partial charge on any atom is 0.357 e. The van der Waals surface area contributed by atoms with E-state index in [1.807, 2.05) is 10.9 Å². The monoisotopic (exact) mass is 400 g/mol. The van der Waals surface area contributed by atoms with Gasteiger partial charge in [0, 0.05) is 11.9 Å². The van der Waals surface area contributed by atoms with Crippen LogP contribution in [0.2, 0.25) is 0 Å². The van der Waals surface area contributed by atoms with Crippen LogP contribution in [0.25, 0.3) is 11.0 Å². The Morgan fingerprint density at radius 1 is 1.36 bits per heavy atom. The normalized spacial score (nSPS) is 17.4. The van der Waals surface area contributed by atoms with Gasteiger partial charge in [-0.2, -0.15) is 5.10 Å². The highest BCUT2D eigenvalue weighted by molar-refractivity contribution is 7.10. The zero-order valence-electron chi connectivity index (χ0n) is 16.5. The Labute approximate surface area is 167 Å². The van der Waals surface area contributed by atoms with Crippen molar-refractivity contribution in [2.24, 2.45) is 0 Å². The molecule has 1 saturated heterocycles. The summed E-state index contributed by atoms with van der Waals surface area (Å²) in [5.41, 5.74) is 1.04. The highest BCUT2D eigenvalue weighted by Crippen LogP contribution is 2.39. The molecule has 28 heavy (non-hydrogen) atoms. The number of fused-ring (bicyclic) bond motifs is 1. The maximum atomic E-state index is 12.0. The number of hydrogen-bond donors (Lipinski definition) is 0. The second kappa shape index (κ2) is 7.12. The first-order valence-electron chi connectivity index (χ1n) is 9.48. The van der Waals surface area contributed by atoms with Gasteiger partial charge in [-0.3, -0.25) is 0 Å². The lowest BCUT2D eigenvalue weighted by Crippen LogP contribution is -2.25. The quantitative estimate of drug-likeness (QED) is 0.619. The molecule has 0 saturated carbocycles. The summed E-state index contributed by atoms with van der Waals surface area (Å²) in [6, 6.07) is 0.0873. The molecular formula is C19H24N6O2S. The first kappa shape index (κ1) is 18.8. The third-order valence-electron chi connectivity index (χ3n) is 4.80. The molecule has 0 amide bonds. The minimum atomic E-state index is -0.370. The summed E-state index contributed by atoms with van der Waals surface area (Å²) >= 11 is 1.50. The number of hydrogen-bond acceptors (Lipinski definition) is 8. The van der Waals surface area contributed by atoms with Crippen molar-refractivity contribution >= 4 is 34.2 Å². The fourth-order valence-electron chi connectivity index (χ4n) is 3.57. The van der Waals surface area contributed by atoms with Crippen molar-refractivity contribution < 1.29 is 9.53 Å². The lowest BCUT2D eigenvalue weighted by atomic mass is 10.1. The lowest BCUT2D eigenvalue weighted by molar-refractivity contribution is 0.0520. The molecule has 1 aliphatic heterocycles. The molecule has 0 radical (unpaired) electrons. The van der Waals surface area contributed by atoms with Crippen molar-refractivity contribution in [1.29, 1.82) is 0 Å². The van der Waals surface area contributed by atoms with Crippen LogP contribution in [0.1, 0.15) is 62.1 Å². The molecule has 0 aliphatic carbocycles. The Morgan fingerprint density at radius 2 is 2.18 bits per heavy atom. The molecule has 0 bridgehead atoms. The molecule has 4 heterocycles. The van der Waals surface area contributed by atoms with Gasteiger partial charge < -0.3 is 9.64 Å². The van der Waals surface area contributed by atoms with Crippen LogP contribution in [0.5, 0.6) is 0 Å². The molecule has 9 heteroatoms. The van der Waals surface area contributed by atoms with Crippen LogP contribution in [-0.2, 0) is 10.3 Å². The standard InChI is InChI=1S/C19H24N6O2S/c1-5-27-18(26)13-10-28-17(23-13)14-7-6-8-24(14)15-12-9-22-25(19(2,3)4)16(12)21-11-20-15/h9-11,14H,5-8H2,1-4H3. The number of carbonyl (C=O) groups excluding carboxylic acids is 1. The van der Waals surface area contributed by atoms with Gasteiger partial charge in [-0.25, -0.2) is 24.4 Å². The Morgan fingerprint density at radius 3 is 2.93 bits per heavy atom. The SMILES string of the molecule is CCOC(=O)c1csc(C2CCCN2c2ncnc3c2cnn3C(C)(C)C)n1. The fourth-order valence-corrected chi connectivity index (χ4v) is 4.50. The molecule has 0 spiro atoms. The average molecular weight is 401 g/mol. The maximum absolute atomic E-state index is 12.0. The first-order chi connectivity index (χ1) is 13.4. The van der Waals surface area contributed by atoms with Crippen molar-refractivity contribution in [2.45, 2.75) is 52.1 Å². The second-order valence-electron chi connectivity index (χ2n) is 7.80. The Hall–Kier alpha value is -2.55. The van der Waals surface area contributed by atoms with E-state index in [0.29, 0.717) is 12.3 Å². The molecule has 1 atom stereocenters. The highest BCUT2D eigenvalue weighted by atomic mass is 32.1. The van der Waals surface area contributed by atoms with Crippen molar-refractivity contribution in [3.8, 4) is 0 Å². The van der Waals surface area contributed by atoms with Gasteiger partial charge in [0.15, 0.2) is 11.3 Å². The van der Waals surface area contributed by atoms with E-state index in [9.17, 15) is 4.79 Å². The molecule has 3 aromatic heterocycles. The Bertz CT molecular complexity index is 1010. The van der Waals surface area contributed by atoms with Crippen LogP contribution in [0.15, 0.2) is 17.9 Å². The molecule has 148 valence electrons. The van der Waals surface area contributed by atoms with Gasteiger partial charge in [-0.1, -0.05) is 0 Å². The van der Waals surface area contributed by atoms with Crippen molar-refractivity contribution in [3.63, 3.8) is 0 Å². The summed E-state index contributed by atoms with van der Waals surface area (Å²) in [7, 11) is 0. The molecule has 1 aliphatic rings. The number of nitrogens with zero attached hydrogens (tertiary/aromatic N) is 6.